The zero-order valence-electron chi connectivity index (χ0n) is 17.6. The quantitative estimate of drug-likeness (QED) is 0.305. The van der Waals surface area contributed by atoms with Crippen molar-refractivity contribution in [3.8, 4) is 5.75 Å². The number of nitrogens with one attached hydrogen (secondary N) is 1. The van der Waals surface area contributed by atoms with Crippen LogP contribution in [0.4, 0.5) is 0 Å². The Balaban J connectivity index is 1.48. The zero-order chi connectivity index (χ0) is 22.2. The number of furan rings is 1. The minimum absolute atomic E-state index is 0.0137. The second-order valence-corrected chi connectivity index (χ2v) is 7.17. The second-order valence-electron chi connectivity index (χ2n) is 7.17. The highest BCUT2D eigenvalue weighted by atomic mass is 16.5. The molecule has 3 rings (SSSR count). The average molecular weight is 423 g/mol. The van der Waals surface area contributed by atoms with Crippen LogP contribution in [0.2, 0.25) is 0 Å². The summed E-state index contributed by atoms with van der Waals surface area (Å²) in [5, 5.41) is 3.55. The van der Waals surface area contributed by atoms with E-state index in [0.717, 1.165) is 23.8 Å². The molecule has 0 bridgehead atoms. The van der Waals surface area contributed by atoms with E-state index in [4.69, 9.17) is 13.9 Å². The number of methoxy groups -OCH3 is 1. The highest BCUT2D eigenvalue weighted by Crippen LogP contribution is 2.26. The molecule has 1 aromatic heterocycles. The summed E-state index contributed by atoms with van der Waals surface area (Å²) in [5.74, 6) is -0.140. The van der Waals surface area contributed by atoms with Crippen molar-refractivity contribution in [2.45, 2.75) is 26.2 Å². The van der Waals surface area contributed by atoms with Crippen LogP contribution in [0.25, 0.3) is 11.0 Å². The van der Waals surface area contributed by atoms with Gasteiger partial charge < -0.3 is 19.2 Å². The maximum absolute atomic E-state index is 12.3. The summed E-state index contributed by atoms with van der Waals surface area (Å²) in [4.78, 5) is 35.4. The summed E-state index contributed by atoms with van der Waals surface area (Å²) in [5.41, 5.74) is 2.87. The molecule has 0 aliphatic carbocycles. The van der Waals surface area contributed by atoms with Crippen molar-refractivity contribution in [3.63, 3.8) is 0 Å². The fraction of sp³-hybridized carbons (Fsp3) is 0.292. The van der Waals surface area contributed by atoms with E-state index in [1.54, 1.807) is 31.4 Å². The van der Waals surface area contributed by atoms with Crippen molar-refractivity contribution < 1.29 is 28.3 Å². The predicted octanol–water partition coefficient (Wildman–Crippen LogP) is 3.48. The topological polar surface area (TPSA) is 94.8 Å². The molecule has 0 radical (unpaired) electrons. The standard InChI is InChI=1S/C24H25NO6/c1-16(26)25-11-3-4-17-5-7-18(8-6-17)22(27)15-31-24(28)12-19-14-30-23-13-20(29-2)9-10-21(19)23/h5-10,13-14H,3-4,11-12,15H2,1-2H3,(H,25,26). The Hall–Kier alpha value is -3.61. The third-order valence-corrected chi connectivity index (χ3v) is 4.85. The van der Waals surface area contributed by atoms with Gasteiger partial charge in [0.1, 0.15) is 11.3 Å². The van der Waals surface area contributed by atoms with Crippen molar-refractivity contribution >= 4 is 28.6 Å². The minimum atomic E-state index is -0.499. The Labute approximate surface area is 180 Å². The maximum Gasteiger partial charge on any atom is 0.310 e. The third kappa shape index (κ3) is 6.18. The van der Waals surface area contributed by atoms with Crippen LogP contribution in [0.5, 0.6) is 5.75 Å². The van der Waals surface area contributed by atoms with Crippen LogP contribution in [0.3, 0.4) is 0 Å². The Morgan fingerprint density at radius 3 is 2.55 bits per heavy atom. The summed E-state index contributed by atoms with van der Waals surface area (Å²) in [6.07, 6.45) is 3.14. The van der Waals surface area contributed by atoms with E-state index in [0.29, 0.717) is 29.0 Å². The van der Waals surface area contributed by atoms with Crippen LogP contribution in [-0.2, 0) is 27.2 Å². The van der Waals surface area contributed by atoms with Gasteiger partial charge in [0.15, 0.2) is 12.4 Å². The van der Waals surface area contributed by atoms with Gasteiger partial charge in [-0.3, -0.25) is 14.4 Å². The van der Waals surface area contributed by atoms with E-state index in [1.165, 1.54) is 13.2 Å². The lowest BCUT2D eigenvalue weighted by molar-refractivity contribution is -0.141. The van der Waals surface area contributed by atoms with Gasteiger partial charge in [-0.2, -0.15) is 0 Å². The number of benzene rings is 2. The molecule has 0 saturated heterocycles. The van der Waals surface area contributed by atoms with E-state index in [2.05, 4.69) is 5.32 Å². The van der Waals surface area contributed by atoms with Gasteiger partial charge in [-0.05, 0) is 30.5 Å². The molecule has 7 nitrogen and oxygen atoms in total. The summed E-state index contributed by atoms with van der Waals surface area (Å²) in [7, 11) is 1.57. The summed E-state index contributed by atoms with van der Waals surface area (Å²) < 4.78 is 15.8. The van der Waals surface area contributed by atoms with Crippen molar-refractivity contribution in [1.29, 1.82) is 0 Å². The van der Waals surface area contributed by atoms with E-state index in [9.17, 15) is 14.4 Å². The molecule has 0 saturated carbocycles. The fourth-order valence-corrected chi connectivity index (χ4v) is 3.18. The monoisotopic (exact) mass is 423 g/mol. The van der Waals surface area contributed by atoms with Gasteiger partial charge in [0, 0.05) is 36.0 Å². The fourth-order valence-electron chi connectivity index (χ4n) is 3.18. The number of hydrogen-bond acceptors (Lipinski definition) is 6. The van der Waals surface area contributed by atoms with Crippen molar-refractivity contribution in [3.05, 3.63) is 65.4 Å². The molecule has 0 fully saturated rings. The van der Waals surface area contributed by atoms with Gasteiger partial charge in [0.2, 0.25) is 5.91 Å². The molecule has 0 spiro atoms. The van der Waals surface area contributed by atoms with Crippen molar-refractivity contribution in [2.24, 2.45) is 0 Å². The van der Waals surface area contributed by atoms with Crippen LogP contribution in [0.15, 0.2) is 53.1 Å². The number of aryl methyl sites for hydroxylation is 1. The molecule has 1 amide bonds. The first-order valence-electron chi connectivity index (χ1n) is 10.0. The number of carbonyl (C=O) groups excluding carboxylic acids is 3. The van der Waals surface area contributed by atoms with Gasteiger partial charge in [-0.25, -0.2) is 0 Å². The molecule has 1 N–H and O–H groups in total. The molecule has 0 aliphatic rings. The molecule has 0 atom stereocenters. The van der Waals surface area contributed by atoms with Crippen molar-refractivity contribution in [2.75, 3.05) is 20.3 Å². The molecule has 0 aliphatic heterocycles. The lowest BCUT2D eigenvalue weighted by Crippen LogP contribution is -2.21. The number of amides is 1. The van der Waals surface area contributed by atoms with Crippen LogP contribution >= 0.6 is 0 Å². The number of esters is 1. The predicted molar refractivity (Wildman–Crippen MR) is 115 cm³/mol. The van der Waals surface area contributed by atoms with Crippen LogP contribution < -0.4 is 10.1 Å². The first-order valence-corrected chi connectivity index (χ1v) is 10.0. The van der Waals surface area contributed by atoms with E-state index in [1.807, 2.05) is 18.2 Å². The van der Waals surface area contributed by atoms with Crippen LogP contribution in [-0.4, -0.2) is 37.9 Å². The summed E-state index contributed by atoms with van der Waals surface area (Å²) in [6.45, 7) is 1.79. The van der Waals surface area contributed by atoms with Gasteiger partial charge in [-0.15, -0.1) is 0 Å². The first kappa shape index (κ1) is 22.1. The van der Waals surface area contributed by atoms with E-state index < -0.39 is 5.97 Å². The molecule has 2 aromatic carbocycles. The lowest BCUT2D eigenvalue weighted by Gasteiger charge is -2.06. The molecule has 3 aromatic rings. The molecule has 7 heteroatoms. The van der Waals surface area contributed by atoms with Gasteiger partial charge >= 0.3 is 5.97 Å². The molecular formula is C24H25NO6. The highest BCUT2D eigenvalue weighted by molar-refractivity contribution is 5.98. The lowest BCUT2D eigenvalue weighted by atomic mass is 10.1. The number of ketones is 1. The number of hydrogen-bond donors (Lipinski definition) is 1. The Kier molecular flexibility index (Phi) is 7.43. The number of fused-ring (bicyclic) bond motifs is 1. The molecule has 162 valence electrons. The number of Topliss-reactive ketones (excluding diaryl/α,β-unsaturated/α-hetero) is 1. The van der Waals surface area contributed by atoms with Gasteiger partial charge in [-0.1, -0.05) is 24.3 Å². The number of ether oxygens (including phenoxy) is 2. The third-order valence-electron chi connectivity index (χ3n) is 4.85. The smallest absolute Gasteiger partial charge is 0.310 e. The molecule has 1 heterocycles. The molecular weight excluding hydrogens is 398 g/mol. The highest BCUT2D eigenvalue weighted by Gasteiger charge is 2.14. The van der Waals surface area contributed by atoms with Crippen molar-refractivity contribution in [1.82, 2.24) is 5.32 Å². The summed E-state index contributed by atoms with van der Waals surface area (Å²) >= 11 is 0. The molecule has 31 heavy (non-hydrogen) atoms. The van der Waals surface area contributed by atoms with E-state index >= 15 is 0 Å². The number of rotatable bonds is 10. The SMILES string of the molecule is COc1ccc2c(CC(=O)OCC(=O)c3ccc(CCCNC(C)=O)cc3)coc2c1. The Morgan fingerprint density at radius 2 is 1.84 bits per heavy atom. The maximum atomic E-state index is 12.3. The van der Waals surface area contributed by atoms with Gasteiger partial charge in [0.05, 0.1) is 19.8 Å². The van der Waals surface area contributed by atoms with Gasteiger partial charge in [0.25, 0.3) is 0 Å². The minimum Gasteiger partial charge on any atom is -0.497 e. The molecule has 0 unspecified atom stereocenters. The van der Waals surface area contributed by atoms with E-state index in [-0.39, 0.29) is 24.7 Å². The Morgan fingerprint density at radius 1 is 1.06 bits per heavy atom. The second kappa shape index (κ2) is 10.4. The average Bonchev–Trinajstić information content (AvgIpc) is 3.17. The normalized spacial score (nSPS) is 10.6. The number of carbonyl (C=O) groups is 3. The Bertz CT molecular complexity index is 1070. The summed E-state index contributed by atoms with van der Waals surface area (Å²) in [6, 6.07) is 12.5. The van der Waals surface area contributed by atoms with Crippen LogP contribution in [0, 0.1) is 0 Å². The zero-order valence-corrected chi connectivity index (χ0v) is 17.6. The largest absolute Gasteiger partial charge is 0.497 e. The first-order chi connectivity index (χ1) is 15.0. The van der Waals surface area contributed by atoms with Crippen LogP contribution in [0.1, 0.15) is 34.8 Å².